The Hall–Kier alpha value is -1.09. The molecule has 0 aliphatic heterocycles. The van der Waals surface area contributed by atoms with E-state index in [2.05, 4.69) is 11.5 Å². The third-order valence-corrected chi connectivity index (χ3v) is 3.20. The van der Waals surface area contributed by atoms with Crippen LogP contribution in [0.4, 0.5) is 0 Å². The van der Waals surface area contributed by atoms with Crippen molar-refractivity contribution in [2.75, 3.05) is 13.2 Å². The number of Topliss-reactive ketones (excluding diaryl/α,β-unsaturated/α-hetero) is 1. The van der Waals surface area contributed by atoms with Crippen LogP contribution in [0.25, 0.3) is 0 Å². The van der Waals surface area contributed by atoms with Crippen LogP contribution in [0.15, 0.2) is 6.07 Å². The van der Waals surface area contributed by atoms with Crippen molar-refractivity contribution in [3.8, 4) is 0 Å². The van der Waals surface area contributed by atoms with Gasteiger partial charge in [-0.15, -0.1) is 0 Å². The van der Waals surface area contributed by atoms with Gasteiger partial charge in [-0.3, -0.25) is 4.79 Å². The fraction of sp³-hybridized carbons (Fsp3) is 0.615. The molecule has 0 bridgehead atoms. The molecule has 0 fully saturated rings. The van der Waals surface area contributed by atoms with Gasteiger partial charge in [0.15, 0.2) is 5.78 Å². The summed E-state index contributed by atoms with van der Waals surface area (Å²) in [7, 11) is 0. The van der Waals surface area contributed by atoms with E-state index in [0.29, 0.717) is 12.2 Å². The number of carbonyl (C=O) groups is 1. The van der Waals surface area contributed by atoms with Crippen LogP contribution in [-0.4, -0.2) is 23.6 Å². The van der Waals surface area contributed by atoms with Crippen LogP contribution in [0.2, 0.25) is 0 Å². The molecule has 1 aromatic heterocycles. The van der Waals surface area contributed by atoms with E-state index in [1.165, 1.54) is 11.4 Å². The fourth-order valence-electron chi connectivity index (χ4n) is 2.40. The average molecular weight is 221 g/mol. The molecule has 0 radical (unpaired) electrons. The van der Waals surface area contributed by atoms with Gasteiger partial charge in [0, 0.05) is 36.5 Å². The largest absolute Gasteiger partial charge is 0.380 e. The molecule has 0 saturated carbocycles. The lowest BCUT2D eigenvalue weighted by Crippen LogP contribution is -2.15. The maximum absolute atomic E-state index is 11.7. The molecular formula is C13H19NO2. The summed E-state index contributed by atoms with van der Waals surface area (Å²) in [4.78, 5) is 11.7. The number of fused-ring (bicyclic) bond motifs is 1. The van der Waals surface area contributed by atoms with E-state index in [9.17, 15) is 4.79 Å². The van der Waals surface area contributed by atoms with Gasteiger partial charge in [-0.05, 0) is 32.8 Å². The zero-order valence-corrected chi connectivity index (χ0v) is 10.1. The molecule has 1 aliphatic rings. The van der Waals surface area contributed by atoms with Gasteiger partial charge >= 0.3 is 0 Å². The standard InChI is InChI=1S/C13H19NO2/c1-3-16-8-7-14-10(2)9-11-12(14)5-4-6-13(11)15/h9H,3-8H2,1-2H3. The van der Waals surface area contributed by atoms with Crippen LogP contribution in [0.3, 0.4) is 0 Å². The molecule has 2 rings (SSSR count). The van der Waals surface area contributed by atoms with Gasteiger partial charge in [-0.1, -0.05) is 0 Å². The van der Waals surface area contributed by atoms with Crippen LogP contribution >= 0.6 is 0 Å². The van der Waals surface area contributed by atoms with Crippen LogP contribution in [0.5, 0.6) is 0 Å². The highest BCUT2D eigenvalue weighted by atomic mass is 16.5. The van der Waals surface area contributed by atoms with Crippen LogP contribution in [0.1, 0.15) is 41.5 Å². The minimum Gasteiger partial charge on any atom is -0.380 e. The highest BCUT2D eigenvalue weighted by molar-refractivity contribution is 5.98. The lowest BCUT2D eigenvalue weighted by atomic mass is 9.97. The minimum atomic E-state index is 0.305. The number of aromatic nitrogens is 1. The predicted octanol–water partition coefficient (Wildman–Crippen LogP) is 2.35. The number of ether oxygens (including phenoxy) is 1. The molecule has 16 heavy (non-hydrogen) atoms. The Morgan fingerprint density at radius 3 is 3.00 bits per heavy atom. The first-order valence-electron chi connectivity index (χ1n) is 6.04. The first-order valence-corrected chi connectivity index (χ1v) is 6.04. The number of aryl methyl sites for hydroxylation is 1. The van der Waals surface area contributed by atoms with E-state index < -0.39 is 0 Å². The Balaban J connectivity index is 2.21. The molecule has 0 atom stereocenters. The van der Waals surface area contributed by atoms with Gasteiger partial charge in [0.05, 0.1) is 6.61 Å². The van der Waals surface area contributed by atoms with E-state index in [4.69, 9.17) is 4.74 Å². The van der Waals surface area contributed by atoms with Crippen LogP contribution in [-0.2, 0) is 17.7 Å². The van der Waals surface area contributed by atoms with Gasteiger partial charge < -0.3 is 9.30 Å². The van der Waals surface area contributed by atoms with Gasteiger partial charge in [0.25, 0.3) is 0 Å². The summed E-state index contributed by atoms with van der Waals surface area (Å²) < 4.78 is 7.61. The maximum Gasteiger partial charge on any atom is 0.164 e. The SMILES string of the molecule is CCOCCn1c(C)cc2c1CCCC2=O. The van der Waals surface area contributed by atoms with Crippen LogP contribution in [0, 0.1) is 6.92 Å². The highest BCUT2D eigenvalue weighted by Gasteiger charge is 2.22. The van der Waals surface area contributed by atoms with Gasteiger partial charge in [0.2, 0.25) is 0 Å². The first-order chi connectivity index (χ1) is 7.74. The van der Waals surface area contributed by atoms with Gasteiger partial charge in [-0.2, -0.15) is 0 Å². The number of hydrogen-bond acceptors (Lipinski definition) is 2. The molecular weight excluding hydrogens is 202 g/mol. The average Bonchev–Trinajstić information content (AvgIpc) is 2.58. The molecule has 1 aliphatic carbocycles. The van der Waals surface area contributed by atoms with Crippen LogP contribution < -0.4 is 0 Å². The molecule has 3 nitrogen and oxygen atoms in total. The van der Waals surface area contributed by atoms with E-state index in [-0.39, 0.29) is 0 Å². The number of rotatable bonds is 4. The zero-order valence-electron chi connectivity index (χ0n) is 10.1. The Labute approximate surface area is 96.4 Å². The van der Waals surface area contributed by atoms with E-state index in [1.807, 2.05) is 13.0 Å². The Morgan fingerprint density at radius 2 is 2.25 bits per heavy atom. The molecule has 0 N–H and O–H groups in total. The van der Waals surface area contributed by atoms with Crippen molar-refractivity contribution in [3.05, 3.63) is 23.0 Å². The molecule has 3 heteroatoms. The maximum atomic E-state index is 11.7. The Kier molecular flexibility index (Phi) is 3.44. The van der Waals surface area contributed by atoms with Crippen molar-refractivity contribution in [3.63, 3.8) is 0 Å². The Bertz CT molecular complexity index is 393. The van der Waals surface area contributed by atoms with Crippen molar-refractivity contribution in [2.45, 2.75) is 39.7 Å². The third-order valence-electron chi connectivity index (χ3n) is 3.20. The quantitative estimate of drug-likeness (QED) is 0.731. The molecule has 0 amide bonds. The summed E-state index contributed by atoms with van der Waals surface area (Å²) in [5.41, 5.74) is 3.34. The van der Waals surface area contributed by atoms with Crippen molar-refractivity contribution >= 4 is 5.78 Å². The second-order valence-electron chi connectivity index (χ2n) is 4.27. The monoisotopic (exact) mass is 221 g/mol. The molecule has 88 valence electrons. The molecule has 0 saturated heterocycles. The normalized spacial score (nSPS) is 15.2. The topological polar surface area (TPSA) is 31.2 Å². The van der Waals surface area contributed by atoms with Crippen molar-refractivity contribution in [2.24, 2.45) is 0 Å². The Morgan fingerprint density at radius 1 is 1.44 bits per heavy atom. The summed E-state index contributed by atoms with van der Waals surface area (Å²) in [6, 6.07) is 2.03. The van der Waals surface area contributed by atoms with Crippen molar-refractivity contribution in [1.29, 1.82) is 0 Å². The lowest BCUT2D eigenvalue weighted by Gasteiger charge is -2.15. The molecule has 0 unspecified atom stereocenters. The minimum absolute atomic E-state index is 0.305. The van der Waals surface area contributed by atoms with E-state index in [0.717, 1.165) is 38.2 Å². The molecule has 1 heterocycles. The summed E-state index contributed by atoms with van der Waals surface area (Å²) in [6.07, 6.45) is 2.73. The van der Waals surface area contributed by atoms with Gasteiger partial charge in [-0.25, -0.2) is 0 Å². The zero-order chi connectivity index (χ0) is 11.5. The molecule has 0 spiro atoms. The van der Waals surface area contributed by atoms with Gasteiger partial charge in [0.1, 0.15) is 0 Å². The number of hydrogen-bond donors (Lipinski definition) is 0. The number of nitrogens with zero attached hydrogens (tertiary/aromatic N) is 1. The number of ketones is 1. The highest BCUT2D eigenvalue weighted by Crippen LogP contribution is 2.24. The summed E-state index contributed by atoms with van der Waals surface area (Å²) in [5.74, 6) is 0.305. The summed E-state index contributed by atoms with van der Waals surface area (Å²) in [6.45, 7) is 6.41. The van der Waals surface area contributed by atoms with Crippen molar-refractivity contribution in [1.82, 2.24) is 4.57 Å². The smallest absolute Gasteiger partial charge is 0.164 e. The van der Waals surface area contributed by atoms with Crippen molar-refractivity contribution < 1.29 is 9.53 Å². The second-order valence-corrected chi connectivity index (χ2v) is 4.27. The summed E-state index contributed by atoms with van der Waals surface area (Å²) >= 11 is 0. The lowest BCUT2D eigenvalue weighted by molar-refractivity contribution is 0.0970. The molecule has 0 aromatic carbocycles. The fourth-order valence-corrected chi connectivity index (χ4v) is 2.40. The predicted molar refractivity (Wildman–Crippen MR) is 62.9 cm³/mol. The molecule has 1 aromatic rings. The van der Waals surface area contributed by atoms with E-state index >= 15 is 0 Å². The second kappa shape index (κ2) is 4.83. The summed E-state index contributed by atoms with van der Waals surface area (Å²) in [5, 5.41) is 0. The van der Waals surface area contributed by atoms with E-state index in [1.54, 1.807) is 0 Å². The first kappa shape index (κ1) is 11.4. The number of carbonyl (C=O) groups excluding carboxylic acids is 1. The third kappa shape index (κ3) is 2.05.